The zero-order chi connectivity index (χ0) is 11.4. The molecule has 0 unspecified atom stereocenters. The molecule has 2 heterocycles. The average Bonchev–Trinajstić information content (AvgIpc) is 2.30. The molecule has 1 aromatic rings. The number of rotatable bonds is 4. The van der Waals surface area contributed by atoms with Crippen LogP contribution in [0.2, 0.25) is 0 Å². The van der Waals surface area contributed by atoms with Crippen LogP contribution in [0.25, 0.3) is 0 Å². The van der Waals surface area contributed by atoms with Crippen molar-refractivity contribution in [2.45, 2.75) is 6.42 Å². The Morgan fingerprint density at radius 1 is 1.50 bits per heavy atom. The number of aliphatic hydroxyl groups excluding tert-OH is 1. The van der Waals surface area contributed by atoms with E-state index < -0.39 is 0 Å². The first-order valence-electron chi connectivity index (χ1n) is 5.04. The number of fused-ring (bicyclic) bond motifs is 1. The molecular weight excluding hydrogens is 210 g/mol. The molecular formula is C9H13N5O2. The number of anilines is 3. The lowest BCUT2D eigenvalue weighted by Gasteiger charge is -2.19. The molecule has 0 aromatic carbocycles. The Morgan fingerprint density at radius 2 is 2.38 bits per heavy atom. The maximum atomic E-state index is 11.2. The summed E-state index contributed by atoms with van der Waals surface area (Å²) in [4.78, 5) is 19.3. The molecule has 86 valence electrons. The smallest absolute Gasteiger partial charge is 0.243 e. The molecule has 2 rings (SSSR count). The number of hydrogen-bond acceptors (Lipinski definition) is 6. The highest BCUT2D eigenvalue weighted by Gasteiger charge is 2.18. The van der Waals surface area contributed by atoms with Gasteiger partial charge in [-0.15, -0.1) is 0 Å². The van der Waals surface area contributed by atoms with Crippen molar-refractivity contribution in [3.05, 3.63) is 6.33 Å². The van der Waals surface area contributed by atoms with Crippen LogP contribution < -0.4 is 16.0 Å². The number of nitrogens with one attached hydrogen (secondary N) is 3. The van der Waals surface area contributed by atoms with Gasteiger partial charge in [-0.1, -0.05) is 0 Å². The van der Waals surface area contributed by atoms with Crippen molar-refractivity contribution in [2.75, 3.05) is 35.6 Å². The summed E-state index contributed by atoms with van der Waals surface area (Å²) in [6, 6.07) is 0. The maximum Gasteiger partial charge on any atom is 0.243 e. The average molecular weight is 223 g/mol. The lowest BCUT2D eigenvalue weighted by atomic mass is 10.3. The van der Waals surface area contributed by atoms with E-state index in [0.29, 0.717) is 30.3 Å². The van der Waals surface area contributed by atoms with Crippen LogP contribution >= 0.6 is 0 Å². The molecule has 1 aliphatic heterocycles. The molecule has 7 heteroatoms. The quantitative estimate of drug-likeness (QED) is 0.520. The van der Waals surface area contributed by atoms with Gasteiger partial charge in [-0.3, -0.25) is 4.79 Å². The summed E-state index contributed by atoms with van der Waals surface area (Å²) >= 11 is 0. The minimum atomic E-state index is -0.118. The molecule has 1 aliphatic rings. The first-order chi connectivity index (χ1) is 7.81. The molecule has 0 aliphatic carbocycles. The van der Waals surface area contributed by atoms with Gasteiger partial charge in [-0.05, 0) is 6.42 Å². The van der Waals surface area contributed by atoms with Crippen molar-refractivity contribution in [1.82, 2.24) is 9.97 Å². The Hall–Kier alpha value is -1.89. The summed E-state index contributed by atoms with van der Waals surface area (Å²) in [6.45, 7) is 0.931. The van der Waals surface area contributed by atoms with Crippen LogP contribution in [-0.2, 0) is 4.79 Å². The van der Waals surface area contributed by atoms with E-state index in [0.717, 1.165) is 0 Å². The van der Waals surface area contributed by atoms with Gasteiger partial charge in [-0.25, -0.2) is 9.97 Å². The fourth-order valence-electron chi connectivity index (χ4n) is 1.41. The highest BCUT2D eigenvalue weighted by Crippen LogP contribution is 2.28. The van der Waals surface area contributed by atoms with Crippen LogP contribution in [0, 0.1) is 0 Å². The summed E-state index contributed by atoms with van der Waals surface area (Å²) < 4.78 is 0. The van der Waals surface area contributed by atoms with E-state index in [1.807, 2.05) is 0 Å². The predicted molar refractivity (Wildman–Crippen MR) is 59.3 cm³/mol. The minimum Gasteiger partial charge on any atom is -0.396 e. The summed E-state index contributed by atoms with van der Waals surface area (Å²) in [5, 5.41) is 17.3. The SMILES string of the molecule is O=C1CNc2ncnc(NCCCO)c2N1. The lowest BCUT2D eigenvalue weighted by molar-refractivity contribution is -0.114. The fourth-order valence-corrected chi connectivity index (χ4v) is 1.41. The predicted octanol–water partition coefficient (Wildman–Crippen LogP) is -0.365. The number of carbonyl (C=O) groups excluding carboxylic acids is 1. The van der Waals surface area contributed by atoms with Gasteiger partial charge in [0.15, 0.2) is 11.6 Å². The number of aliphatic hydroxyl groups is 1. The second kappa shape index (κ2) is 4.75. The van der Waals surface area contributed by atoms with Crippen molar-refractivity contribution < 1.29 is 9.90 Å². The third-order valence-electron chi connectivity index (χ3n) is 2.16. The van der Waals surface area contributed by atoms with Crippen LogP contribution in [-0.4, -0.2) is 40.7 Å². The van der Waals surface area contributed by atoms with E-state index in [4.69, 9.17) is 5.11 Å². The van der Waals surface area contributed by atoms with Crippen molar-refractivity contribution >= 4 is 23.2 Å². The molecule has 1 amide bonds. The topological polar surface area (TPSA) is 99.2 Å². The van der Waals surface area contributed by atoms with Crippen LogP contribution in [0.4, 0.5) is 17.3 Å². The number of hydrogen-bond donors (Lipinski definition) is 4. The molecule has 1 aromatic heterocycles. The van der Waals surface area contributed by atoms with Crippen LogP contribution in [0.1, 0.15) is 6.42 Å². The first-order valence-corrected chi connectivity index (χ1v) is 5.04. The molecule has 4 N–H and O–H groups in total. The van der Waals surface area contributed by atoms with Crippen LogP contribution in [0.15, 0.2) is 6.33 Å². The zero-order valence-electron chi connectivity index (χ0n) is 8.66. The van der Waals surface area contributed by atoms with E-state index >= 15 is 0 Å². The van der Waals surface area contributed by atoms with E-state index in [1.165, 1.54) is 6.33 Å². The number of amides is 1. The third kappa shape index (κ3) is 2.19. The molecule has 0 spiro atoms. The van der Waals surface area contributed by atoms with Crippen molar-refractivity contribution in [3.63, 3.8) is 0 Å². The summed E-state index contributed by atoms with van der Waals surface area (Å²) in [5.41, 5.74) is 0.566. The second-order valence-corrected chi connectivity index (χ2v) is 3.35. The Labute approximate surface area is 92.3 Å². The molecule has 0 saturated heterocycles. The molecule has 0 fully saturated rings. The molecule has 7 nitrogen and oxygen atoms in total. The van der Waals surface area contributed by atoms with Crippen molar-refractivity contribution in [3.8, 4) is 0 Å². The molecule has 0 bridgehead atoms. The zero-order valence-corrected chi connectivity index (χ0v) is 8.66. The third-order valence-corrected chi connectivity index (χ3v) is 2.16. The molecule has 0 saturated carbocycles. The van der Waals surface area contributed by atoms with Crippen molar-refractivity contribution in [1.29, 1.82) is 0 Å². The van der Waals surface area contributed by atoms with Gasteiger partial charge in [0.2, 0.25) is 5.91 Å². The molecule has 0 radical (unpaired) electrons. The highest BCUT2D eigenvalue weighted by molar-refractivity contribution is 6.02. The van der Waals surface area contributed by atoms with Gasteiger partial charge in [0.25, 0.3) is 0 Å². The fraction of sp³-hybridized carbons (Fsp3) is 0.444. The van der Waals surface area contributed by atoms with Gasteiger partial charge in [0.05, 0.1) is 6.54 Å². The van der Waals surface area contributed by atoms with E-state index in [2.05, 4.69) is 25.9 Å². The normalized spacial score (nSPS) is 13.7. The monoisotopic (exact) mass is 223 g/mol. The van der Waals surface area contributed by atoms with Gasteiger partial charge >= 0.3 is 0 Å². The lowest BCUT2D eigenvalue weighted by Crippen LogP contribution is -2.29. The minimum absolute atomic E-state index is 0.116. The van der Waals surface area contributed by atoms with E-state index in [-0.39, 0.29) is 19.1 Å². The largest absolute Gasteiger partial charge is 0.396 e. The standard InChI is InChI=1S/C9H13N5O2/c15-3-1-2-10-8-7-9(13-5-12-8)11-4-6(16)14-7/h5,15H,1-4H2,(H,14,16)(H2,10,11,12,13). The van der Waals surface area contributed by atoms with E-state index in [9.17, 15) is 4.79 Å². The van der Waals surface area contributed by atoms with Gasteiger partial charge < -0.3 is 21.1 Å². The Bertz CT molecular complexity index is 395. The summed E-state index contributed by atoms with van der Waals surface area (Å²) in [7, 11) is 0. The number of carbonyl (C=O) groups is 1. The van der Waals surface area contributed by atoms with Crippen LogP contribution in [0.5, 0.6) is 0 Å². The number of aromatic nitrogens is 2. The Kier molecular flexibility index (Phi) is 3.16. The number of nitrogens with zero attached hydrogens (tertiary/aromatic N) is 2. The highest BCUT2D eigenvalue weighted by atomic mass is 16.3. The first kappa shape index (κ1) is 10.6. The van der Waals surface area contributed by atoms with Crippen LogP contribution in [0.3, 0.4) is 0 Å². The maximum absolute atomic E-state index is 11.2. The Morgan fingerprint density at radius 3 is 3.19 bits per heavy atom. The molecule has 0 atom stereocenters. The summed E-state index contributed by atoms with van der Waals surface area (Å²) in [5.74, 6) is 1.06. The van der Waals surface area contributed by atoms with Gasteiger partial charge in [-0.2, -0.15) is 0 Å². The molecule has 16 heavy (non-hydrogen) atoms. The van der Waals surface area contributed by atoms with Crippen molar-refractivity contribution in [2.24, 2.45) is 0 Å². The summed E-state index contributed by atoms with van der Waals surface area (Å²) in [6.07, 6.45) is 2.05. The van der Waals surface area contributed by atoms with Gasteiger partial charge in [0.1, 0.15) is 12.0 Å². The van der Waals surface area contributed by atoms with E-state index in [1.54, 1.807) is 0 Å². The Balaban J connectivity index is 2.15. The van der Waals surface area contributed by atoms with Gasteiger partial charge in [0, 0.05) is 13.2 Å². The second-order valence-electron chi connectivity index (χ2n) is 3.35.